The molecular formula is C38H36Cl4N2O10. The third-order valence-corrected chi connectivity index (χ3v) is 11.9. The molecule has 2 aromatic heterocycles. The van der Waals surface area contributed by atoms with Gasteiger partial charge in [0, 0.05) is 34.1 Å². The van der Waals surface area contributed by atoms with Gasteiger partial charge in [0.2, 0.25) is 0 Å². The number of aromatic nitrogens is 2. The lowest BCUT2D eigenvalue weighted by molar-refractivity contribution is -0.125. The van der Waals surface area contributed by atoms with Gasteiger partial charge in [-0.25, -0.2) is 0 Å². The number of carbonyl (C=O) groups is 1. The van der Waals surface area contributed by atoms with E-state index in [4.69, 9.17) is 83.9 Å². The summed E-state index contributed by atoms with van der Waals surface area (Å²) < 4.78 is 45.8. The molecule has 10 rings (SSSR count). The van der Waals surface area contributed by atoms with Crippen LogP contribution in [0.4, 0.5) is 0 Å². The highest BCUT2D eigenvalue weighted by molar-refractivity contribution is 6.39. The lowest BCUT2D eigenvalue weighted by Crippen LogP contribution is -2.32. The van der Waals surface area contributed by atoms with Crippen LogP contribution in [0.2, 0.25) is 20.1 Å². The quantitative estimate of drug-likeness (QED) is 0.171. The molecule has 4 saturated heterocycles. The lowest BCUT2D eigenvalue weighted by atomic mass is 10.0. The highest BCUT2D eigenvalue weighted by Crippen LogP contribution is 2.48. The van der Waals surface area contributed by atoms with Crippen molar-refractivity contribution in [2.24, 2.45) is 0 Å². The van der Waals surface area contributed by atoms with Crippen LogP contribution in [0.25, 0.3) is 22.5 Å². The SMILES string of the molecule is O=C1CO[C@H]2[C@@H]1OC[C@H]2OCc1c(-c2c(Cl)cccc2Cl)noc1C1CC1.O[C@@H]1CO[C@H]2[C@@H]1OC[C@H]2OCc1c(-c2c(Cl)cccc2Cl)noc1C1CC1. The van der Waals surface area contributed by atoms with Gasteiger partial charge >= 0.3 is 0 Å². The molecule has 4 aliphatic heterocycles. The predicted octanol–water partition coefficient (Wildman–Crippen LogP) is 7.35. The van der Waals surface area contributed by atoms with Crippen molar-refractivity contribution in [3.63, 3.8) is 0 Å². The first kappa shape index (κ1) is 37.0. The van der Waals surface area contributed by atoms with Crippen molar-refractivity contribution < 1.29 is 47.4 Å². The molecule has 0 radical (unpaired) electrons. The number of hydrogen-bond donors (Lipinski definition) is 1. The number of ether oxygens (including phenoxy) is 6. The van der Waals surface area contributed by atoms with Gasteiger partial charge in [0.15, 0.2) is 5.78 Å². The standard InChI is InChI=1S/C19H19Cl2NO5.C19H17Cl2NO5/c2*20-11-2-1-3-12(21)15(11)16-10(17(27-22-16)9-4-5-9)6-24-14-8-26-18-13(23)7-25-19(14)18/h1-3,9,13-14,18-19,23H,4-8H2;1-3,9,14,18-19H,4-8H2/t13-,14-,18-,19-;14-,18-,19-/m11/s1. The van der Waals surface area contributed by atoms with E-state index in [-0.39, 0.29) is 56.1 Å². The number of carbonyl (C=O) groups excluding carboxylic acids is 1. The van der Waals surface area contributed by atoms with E-state index >= 15 is 0 Å². The Bertz CT molecular complexity index is 1990. The van der Waals surface area contributed by atoms with E-state index in [1.807, 2.05) is 0 Å². The summed E-state index contributed by atoms with van der Waals surface area (Å²) in [6, 6.07) is 10.7. The number of benzene rings is 2. The molecule has 12 nitrogen and oxygen atoms in total. The molecule has 54 heavy (non-hydrogen) atoms. The summed E-state index contributed by atoms with van der Waals surface area (Å²) in [4.78, 5) is 11.7. The summed E-state index contributed by atoms with van der Waals surface area (Å²) in [5, 5.41) is 20.5. The summed E-state index contributed by atoms with van der Waals surface area (Å²) >= 11 is 25.5. The smallest absolute Gasteiger partial charge is 0.189 e. The molecule has 7 atom stereocenters. The molecule has 4 aromatic rings. The summed E-state index contributed by atoms with van der Waals surface area (Å²) in [5.41, 5.74) is 4.24. The number of hydrogen-bond acceptors (Lipinski definition) is 12. The molecule has 0 bridgehead atoms. The monoisotopic (exact) mass is 820 g/mol. The average molecular weight is 823 g/mol. The number of Topliss-reactive ketones (excluding diaryl/α,β-unsaturated/α-hetero) is 1. The largest absolute Gasteiger partial charge is 0.388 e. The first-order chi connectivity index (χ1) is 26.3. The third kappa shape index (κ3) is 7.13. The molecule has 0 spiro atoms. The molecule has 16 heteroatoms. The van der Waals surface area contributed by atoms with Gasteiger partial charge in [-0.2, -0.15) is 0 Å². The van der Waals surface area contributed by atoms with Crippen LogP contribution < -0.4 is 0 Å². The molecule has 2 aliphatic carbocycles. The summed E-state index contributed by atoms with van der Waals surface area (Å²) in [5.74, 6) is 2.34. The maximum Gasteiger partial charge on any atom is 0.189 e. The fourth-order valence-corrected chi connectivity index (χ4v) is 8.67. The number of aliphatic hydroxyl groups excluding tert-OH is 1. The van der Waals surface area contributed by atoms with Gasteiger partial charge in [-0.1, -0.05) is 68.8 Å². The number of fused-ring (bicyclic) bond motifs is 2. The number of aliphatic hydroxyl groups is 1. The first-order valence-corrected chi connectivity index (χ1v) is 19.5. The fourth-order valence-electron chi connectivity index (χ4n) is 7.52. The van der Waals surface area contributed by atoms with Gasteiger partial charge in [-0.3, -0.25) is 4.79 Å². The summed E-state index contributed by atoms with van der Waals surface area (Å²) in [6.45, 7) is 1.63. The van der Waals surface area contributed by atoms with E-state index in [0.29, 0.717) is 74.3 Å². The lowest BCUT2D eigenvalue weighted by Gasteiger charge is -2.17. The summed E-state index contributed by atoms with van der Waals surface area (Å²) in [7, 11) is 0. The normalized spacial score (nSPS) is 28.7. The second-order valence-electron chi connectivity index (χ2n) is 14.3. The van der Waals surface area contributed by atoms with Crippen LogP contribution in [0.3, 0.4) is 0 Å². The number of rotatable bonds is 10. The Morgan fingerprint density at radius 1 is 0.648 bits per heavy atom. The van der Waals surface area contributed by atoms with Crippen molar-refractivity contribution in [2.45, 2.75) is 93.5 Å². The highest BCUT2D eigenvalue weighted by atomic mass is 35.5. The highest BCUT2D eigenvalue weighted by Gasteiger charge is 2.49. The van der Waals surface area contributed by atoms with Crippen molar-refractivity contribution in [1.82, 2.24) is 10.3 Å². The van der Waals surface area contributed by atoms with E-state index in [9.17, 15) is 9.90 Å². The van der Waals surface area contributed by atoms with Gasteiger partial charge in [0.25, 0.3) is 0 Å². The molecule has 286 valence electrons. The van der Waals surface area contributed by atoms with Crippen LogP contribution >= 0.6 is 46.4 Å². The van der Waals surface area contributed by atoms with Crippen LogP contribution in [-0.4, -0.2) is 90.4 Å². The van der Waals surface area contributed by atoms with E-state index in [0.717, 1.165) is 48.3 Å². The zero-order valence-electron chi connectivity index (χ0n) is 28.8. The van der Waals surface area contributed by atoms with Crippen LogP contribution in [0, 0.1) is 0 Å². The molecule has 2 saturated carbocycles. The van der Waals surface area contributed by atoms with Crippen molar-refractivity contribution in [3.8, 4) is 22.5 Å². The van der Waals surface area contributed by atoms with Gasteiger partial charge < -0.3 is 42.6 Å². The Balaban J connectivity index is 0.000000142. The van der Waals surface area contributed by atoms with Crippen LogP contribution in [0.5, 0.6) is 0 Å². The number of ketones is 1. The minimum absolute atomic E-state index is 0.0294. The zero-order valence-corrected chi connectivity index (χ0v) is 31.8. The van der Waals surface area contributed by atoms with Gasteiger partial charge in [-0.15, -0.1) is 0 Å². The van der Waals surface area contributed by atoms with Crippen LogP contribution in [-0.2, 0) is 46.4 Å². The summed E-state index contributed by atoms with van der Waals surface area (Å²) in [6.07, 6.45) is 1.68. The van der Waals surface area contributed by atoms with Crippen molar-refractivity contribution in [2.75, 3.05) is 26.4 Å². The van der Waals surface area contributed by atoms with Gasteiger partial charge in [0.1, 0.15) is 72.2 Å². The van der Waals surface area contributed by atoms with E-state index in [1.165, 1.54) is 0 Å². The molecule has 2 aromatic carbocycles. The predicted molar refractivity (Wildman–Crippen MR) is 195 cm³/mol. The molecular weight excluding hydrogens is 786 g/mol. The Morgan fingerprint density at radius 3 is 1.65 bits per heavy atom. The molecule has 1 N–H and O–H groups in total. The minimum atomic E-state index is -0.598. The van der Waals surface area contributed by atoms with Crippen molar-refractivity contribution in [3.05, 3.63) is 79.1 Å². The fraction of sp³-hybridized carbons (Fsp3) is 0.500. The molecule has 0 unspecified atom stereocenters. The van der Waals surface area contributed by atoms with Gasteiger partial charge in [-0.05, 0) is 49.9 Å². The Morgan fingerprint density at radius 2 is 1.13 bits per heavy atom. The molecule has 6 aliphatic rings. The van der Waals surface area contributed by atoms with Gasteiger partial charge in [0.05, 0.1) is 53.1 Å². The number of nitrogens with zero attached hydrogens (tertiary/aromatic N) is 2. The second kappa shape index (κ2) is 15.4. The maximum atomic E-state index is 11.7. The Hall–Kier alpha value is -2.59. The molecule has 6 fully saturated rings. The average Bonchev–Trinajstić information content (AvgIpc) is 3.84. The van der Waals surface area contributed by atoms with Crippen LogP contribution in [0.1, 0.15) is 60.2 Å². The van der Waals surface area contributed by atoms with Crippen molar-refractivity contribution in [1.29, 1.82) is 0 Å². The Labute approximate surface area is 330 Å². The zero-order chi connectivity index (χ0) is 37.1. The second-order valence-corrected chi connectivity index (χ2v) is 16.0. The molecule has 6 heterocycles. The topological polar surface area (TPSA) is 145 Å². The third-order valence-electron chi connectivity index (χ3n) is 10.6. The minimum Gasteiger partial charge on any atom is -0.388 e. The molecule has 0 amide bonds. The Kier molecular flexibility index (Phi) is 10.6. The maximum absolute atomic E-state index is 11.7. The number of halogens is 4. The van der Waals surface area contributed by atoms with E-state index in [1.54, 1.807) is 36.4 Å². The van der Waals surface area contributed by atoms with E-state index < -0.39 is 12.2 Å². The first-order valence-electron chi connectivity index (χ1n) is 18.0. The van der Waals surface area contributed by atoms with E-state index in [2.05, 4.69) is 10.3 Å². The van der Waals surface area contributed by atoms with Crippen LogP contribution in [0.15, 0.2) is 45.4 Å². The van der Waals surface area contributed by atoms with Crippen molar-refractivity contribution >= 4 is 52.2 Å².